The summed E-state index contributed by atoms with van der Waals surface area (Å²) >= 11 is 1.69. The lowest BCUT2D eigenvalue weighted by atomic mass is 9.96. The van der Waals surface area contributed by atoms with Gasteiger partial charge < -0.3 is 14.6 Å². The molecule has 1 aliphatic heterocycles. The predicted octanol–water partition coefficient (Wildman–Crippen LogP) is 1.02. The summed E-state index contributed by atoms with van der Waals surface area (Å²) in [6.07, 6.45) is 3.01. The first kappa shape index (κ1) is 11.9. The smallest absolute Gasteiger partial charge is 0.233 e. The summed E-state index contributed by atoms with van der Waals surface area (Å²) in [6, 6.07) is 0.372. The monoisotopic (exact) mass is 243 g/mol. The van der Waals surface area contributed by atoms with Gasteiger partial charge in [-0.15, -0.1) is 0 Å². The van der Waals surface area contributed by atoms with Crippen LogP contribution in [0.4, 0.5) is 0 Å². The molecule has 0 aliphatic carbocycles. The summed E-state index contributed by atoms with van der Waals surface area (Å²) in [4.78, 5) is 4.40. The van der Waals surface area contributed by atoms with E-state index >= 15 is 0 Å². The van der Waals surface area contributed by atoms with Crippen molar-refractivity contribution in [3.8, 4) is 0 Å². The highest BCUT2D eigenvalue weighted by Gasteiger charge is 2.30. The maximum Gasteiger partial charge on any atom is 0.233 e. The van der Waals surface area contributed by atoms with E-state index in [0.29, 0.717) is 18.5 Å². The highest BCUT2D eigenvalue weighted by atomic mass is 32.2. The molecule has 0 amide bonds. The summed E-state index contributed by atoms with van der Waals surface area (Å²) < 4.78 is 10.8. The van der Waals surface area contributed by atoms with Gasteiger partial charge in [0.2, 0.25) is 5.89 Å². The molecule has 0 radical (unpaired) electrons. The van der Waals surface area contributed by atoms with Crippen LogP contribution in [0.25, 0.3) is 0 Å². The minimum Gasteiger partial charge on any atom is -0.381 e. The van der Waals surface area contributed by atoms with Crippen LogP contribution in [0, 0.1) is 0 Å². The van der Waals surface area contributed by atoms with Gasteiger partial charge in [0, 0.05) is 12.6 Å². The quantitative estimate of drug-likeness (QED) is 0.852. The first-order valence-electron chi connectivity index (χ1n) is 5.41. The standard InChI is InChI=1S/C10H17N3O2S/c1-11-8-3-4-14-5-7(8)10-12-9(6-16-2)13-15-10/h7-8,11H,3-6H2,1-2H3. The molecule has 6 heteroatoms. The minimum absolute atomic E-state index is 0.182. The zero-order valence-electron chi connectivity index (χ0n) is 9.60. The number of rotatable bonds is 4. The number of aromatic nitrogens is 2. The molecule has 1 saturated heterocycles. The molecule has 2 atom stereocenters. The Labute approximate surface area is 99.3 Å². The second-order valence-electron chi connectivity index (χ2n) is 3.85. The van der Waals surface area contributed by atoms with E-state index in [1.807, 2.05) is 13.3 Å². The van der Waals surface area contributed by atoms with Crippen LogP contribution in [0.2, 0.25) is 0 Å². The van der Waals surface area contributed by atoms with E-state index in [9.17, 15) is 0 Å². The molecule has 0 aromatic carbocycles. The minimum atomic E-state index is 0.182. The second-order valence-corrected chi connectivity index (χ2v) is 4.71. The summed E-state index contributed by atoms with van der Waals surface area (Å²) in [5.74, 6) is 2.44. The number of hydrogen-bond donors (Lipinski definition) is 1. The van der Waals surface area contributed by atoms with Crippen LogP contribution in [0.5, 0.6) is 0 Å². The van der Waals surface area contributed by atoms with E-state index in [-0.39, 0.29) is 5.92 Å². The summed E-state index contributed by atoms with van der Waals surface area (Å²) in [7, 11) is 1.96. The van der Waals surface area contributed by atoms with Gasteiger partial charge in [0.15, 0.2) is 5.82 Å². The molecule has 1 N–H and O–H groups in total. The van der Waals surface area contributed by atoms with Crippen molar-refractivity contribution < 1.29 is 9.26 Å². The molecule has 16 heavy (non-hydrogen) atoms. The molecule has 1 aromatic rings. The van der Waals surface area contributed by atoms with Gasteiger partial charge in [0.05, 0.1) is 18.3 Å². The van der Waals surface area contributed by atoms with Crippen molar-refractivity contribution in [2.75, 3.05) is 26.5 Å². The maximum absolute atomic E-state index is 5.46. The van der Waals surface area contributed by atoms with E-state index in [4.69, 9.17) is 9.26 Å². The number of nitrogens with one attached hydrogen (secondary N) is 1. The van der Waals surface area contributed by atoms with E-state index in [2.05, 4.69) is 15.5 Å². The molecular formula is C10H17N3O2S. The Bertz CT molecular complexity index is 332. The Morgan fingerprint density at radius 2 is 2.44 bits per heavy atom. The molecule has 0 bridgehead atoms. The van der Waals surface area contributed by atoms with Crippen molar-refractivity contribution in [1.82, 2.24) is 15.5 Å². The van der Waals surface area contributed by atoms with E-state index in [1.165, 1.54) is 0 Å². The molecule has 5 nitrogen and oxygen atoms in total. The lowest BCUT2D eigenvalue weighted by molar-refractivity contribution is 0.0516. The number of thioether (sulfide) groups is 1. The lowest BCUT2D eigenvalue weighted by Crippen LogP contribution is -2.39. The van der Waals surface area contributed by atoms with Gasteiger partial charge in [-0.05, 0) is 19.7 Å². The fourth-order valence-electron chi connectivity index (χ4n) is 1.93. The van der Waals surface area contributed by atoms with Crippen molar-refractivity contribution in [3.05, 3.63) is 11.7 Å². The van der Waals surface area contributed by atoms with Gasteiger partial charge in [-0.1, -0.05) is 5.16 Å². The third-order valence-electron chi connectivity index (χ3n) is 2.80. The largest absolute Gasteiger partial charge is 0.381 e. The predicted molar refractivity (Wildman–Crippen MR) is 62.5 cm³/mol. The van der Waals surface area contributed by atoms with Crippen LogP contribution in [0.3, 0.4) is 0 Å². The van der Waals surface area contributed by atoms with Crippen molar-refractivity contribution in [1.29, 1.82) is 0 Å². The molecule has 2 unspecified atom stereocenters. The van der Waals surface area contributed by atoms with Gasteiger partial charge in [-0.2, -0.15) is 16.7 Å². The highest BCUT2D eigenvalue weighted by Crippen LogP contribution is 2.24. The van der Waals surface area contributed by atoms with Crippen LogP contribution >= 0.6 is 11.8 Å². The molecule has 0 spiro atoms. The summed E-state index contributed by atoms with van der Waals surface area (Å²) in [5.41, 5.74) is 0. The van der Waals surface area contributed by atoms with Crippen LogP contribution in [0.15, 0.2) is 4.52 Å². The highest BCUT2D eigenvalue weighted by molar-refractivity contribution is 7.97. The van der Waals surface area contributed by atoms with E-state index in [0.717, 1.165) is 24.6 Å². The fourth-order valence-corrected chi connectivity index (χ4v) is 2.31. The third kappa shape index (κ3) is 2.56. The first-order valence-corrected chi connectivity index (χ1v) is 6.81. The van der Waals surface area contributed by atoms with Crippen molar-refractivity contribution in [2.45, 2.75) is 24.1 Å². The topological polar surface area (TPSA) is 60.2 Å². The van der Waals surface area contributed by atoms with Gasteiger partial charge in [0.25, 0.3) is 0 Å². The molecule has 1 aromatic heterocycles. The maximum atomic E-state index is 5.46. The van der Waals surface area contributed by atoms with Crippen LogP contribution in [-0.4, -0.2) is 42.7 Å². The Morgan fingerprint density at radius 1 is 1.56 bits per heavy atom. The van der Waals surface area contributed by atoms with Crippen molar-refractivity contribution >= 4 is 11.8 Å². The number of hydrogen-bond acceptors (Lipinski definition) is 6. The molecule has 1 aliphatic rings. The second kappa shape index (κ2) is 5.65. The van der Waals surface area contributed by atoms with Crippen LogP contribution in [-0.2, 0) is 10.5 Å². The van der Waals surface area contributed by atoms with Crippen molar-refractivity contribution in [2.24, 2.45) is 0 Å². The van der Waals surface area contributed by atoms with E-state index in [1.54, 1.807) is 11.8 Å². The third-order valence-corrected chi connectivity index (χ3v) is 3.35. The van der Waals surface area contributed by atoms with Gasteiger partial charge >= 0.3 is 0 Å². The van der Waals surface area contributed by atoms with Gasteiger partial charge in [0.1, 0.15) is 0 Å². The Morgan fingerprint density at radius 3 is 3.19 bits per heavy atom. The normalized spacial score (nSPS) is 25.9. The SMILES string of the molecule is CNC1CCOCC1c1nc(CSC)no1. The zero-order chi connectivity index (χ0) is 11.4. The molecule has 0 saturated carbocycles. The van der Waals surface area contributed by atoms with Crippen LogP contribution in [0.1, 0.15) is 24.1 Å². The number of ether oxygens (including phenoxy) is 1. The van der Waals surface area contributed by atoms with Crippen LogP contribution < -0.4 is 5.32 Å². The lowest BCUT2D eigenvalue weighted by Gasteiger charge is -2.28. The summed E-state index contributed by atoms with van der Waals surface area (Å²) in [6.45, 7) is 1.46. The van der Waals surface area contributed by atoms with Gasteiger partial charge in [-0.3, -0.25) is 0 Å². The zero-order valence-corrected chi connectivity index (χ0v) is 10.4. The Balaban J connectivity index is 2.08. The van der Waals surface area contributed by atoms with Gasteiger partial charge in [-0.25, -0.2) is 0 Å². The molecule has 1 fully saturated rings. The van der Waals surface area contributed by atoms with Crippen molar-refractivity contribution in [3.63, 3.8) is 0 Å². The molecule has 2 heterocycles. The number of nitrogens with zero attached hydrogens (tertiary/aromatic N) is 2. The molecular weight excluding hydrogens is 226 g/mol. The number of likely N-dealkylation sites (N-methyl/N-ethyl adjacent to an activating group) is 1. The summed E-state index contributed by atoms with van der Waals surface area (Å²) in [5, 5.41) is 7.24. The fraction of sp³-hybridized carbons (Fsp3) is 0.800. The Kier molecular flexibility index (Phi) is 4.20. The molecule has 90 valence electrons. The molecule has 2 rings (SSSR count). The Hall–Kier alpha value is -0.590. The first-order chi connectivity index (χ1) is 7.85. The average Bonchev–Trinajstić information content (AvgIpc) is 2.78. The van der Waals surface area contributed by atoms with E-state index < -0.39 is 0 Å². The average molecular weight is 243 g/mol.